The number of hydrogen-bond donors (Lipinski definition) is 0. The lowest BCUT2D eigenvalue weighted by Crippen LogP contribution is -2.08. The van der Waals surface area contributed by atoms with Crippen LogP contribution in [0.2, 0.25) is 10.0 Å². The molecule has 5 aromatic rings. The summed E-state index contributed by atoms with van der Waals surface area (Å²) in [4.78, 5) is 4.59. The fourth-order valence-corrected chi connectivity index (χ4v) is 4.39. The SMILES string of the molecule is Cc1nn(-c2ccccc2)c2nc(-c3ccc(OCc4ccc(Cl)cc4Cl)cc3)cc(C(F)(F)F)c12. The van der Waals surface area contributed by atoms with Gasteiger partial charge >= 0.3 is 6.18 Å². The first-order valence-corrected chi connectivity index (χ1v) is 11.7. The number of benzene rings is 3. The van der Waals surface area contributed by atoms with Crippen LogP contribution in [0.25, 0.3) is 28.0 Å². The van der Waals surface area contributed by atoms with Crippen LogP contribution < -0.4 is 4.74 Å². The van der Waals surface area contributed by atoms with Crippen LogP contribution in [-0.4, -0.2) is 14.8 Å². The quantitative estimate of drug-likeness (QED) is 0.230. The molecule has 2 heterocycles. The van der Waals surface area contributed by atoms with Crippen LogP contribution in [0.1, 0.15) is 16.8 Å². The van der Waals surface area contributed by atoms with E-state index >= 15 is 0 Å². The molecule has 0 bridgehead atoms. The Morgan fingerprint density at radius 3 is 2.31 bits per heavy atom. The summed E-state index contributed by atoms with van der Waals surface area (Å²) >= 11 is 12.1. The minimum Gasteiger partial charge on any atom is -0.489 e. The van der Waals surface area contributed by atoms with Crippen molar-refractivity contribution in [3.63, 3.8) is 0 Å². The Balaban J connectivity index is 1.52. The van der Waals surface area contributed by atoms with E-state index in [1.165, 1.54) is 4.68 Å². The van der Waals surface area contributed by atoms with Gasteiger partial charge in [-0.05, 0) is 61.5 Å². The van der Waals surface area contributed by atoms with Crippen LogP contribution in [0.4, 0.5) is 13.2 Å². The van der Waals surface area contributed by atoms with Crippen molar-refractivity contribution in [3.8, 4) is 22.7 Å². The minimum absolute atomic E-state index is 0.0186. The van der Waals surface area contributed by atoms with Gasteiger partial charge < -0.3 is 4.74 Å². The van der Waals surface area contributed by atoms with Crippen LogP contribution in [0, 0.1) is 6.92 Å². The Kier molecular flexibility index (Phi) is 6.36. The van der Waals surface area contributed by atoms with Crippen LogP contribution in [0.5, 0.6) is 5.75 Å². The summed E-state index contributed by atoms with van der Waals surface area (Å²) in [6.45, 7) is 1.77. The average Bonchev–Trinajstić information content (AvgIpc) is 3.19. The summed E-state index contributed by atoms with van der Waals surface area (Å²) in [5.74, 6) is 0.534. The molecule has 9 heteroatoms. The van der Waals surface area contributed by atoms with Gasteiger partial charge in [-0.1, -0.05) is 47.5 Å². The number of ether oxygens (including phenoxy) is 1. The van der Waals surface area contributed by atoms with Crippen molar-refractivity contribution in [2.75, 3.05) is 0 Å². The number of para-hydroxylation sites is 1. The van der Waals surface area contributed by atoms with Gasteiger partial charge in [0.25, 0.3) is 0 Å². The van der Waals surface area contributed by atoms with Crippen LogP contribution in [0.15, 0.2) is 78.9 Å². The molecule has 0 aliphatic heterocycles. The number of aryl methyl sites for hydroxylation is 1. The predicted octanol–water partition coefficient (Wildman–Crippen LogP) is 8.30. The standard InChI is InChI=1S/C27H18Cl2F3N3O/c1-16-25-22(27(30,31)32)14-24(33-26(25)35(34-16)20-5-3-2-4-6-20)17-8-11-21(12-9-17)36-15-18-7-10-19(28)13-23(18)29/h2-14H,15H2,1H3. The van der Waals surface area contributed by atoms with Gasteiger partial charge in [0.05, 0.1) is 28.0 Å². The number of nitrogens with zero attached hydrogens (tertiary/aromatic N) is 3. The van der Waals surface area contributed by atoms with Gasteiger partial charge in [0, 0.05) is 21.2 Å². The topological polar surface area (TPSA) is 39.9 Å². The number of halogens is 5. The Hall–Kier alpha value is -3.55. The van der Waals surface area contributed by atoms with Crippen molar-refractivity contribution in [2.24, 2.45) is 0 Å². The highest BCUT2D eigenvalue weighted by Crippen LogP contribution is 2.39. The molecule has 0 N–H and O–H groups in total. The third-order valence-electron chi connectivity index (χ3n) is 5.68. The van der Waals surface area contributed by atoms with Gasteiger partial charge in [0.15, 0.2) is 5.65 Å². The van der Waals surface area contributed by atoms with Crippen molar-refractivity contribution < 1.29 is 17.9 Å². The zero-order chi connectivity index (χ0) is 25.4. The number of aromatic nitrogens is 3. The molecule has 0 saturated carbocycles. The van der Waals surface area contributed by atoms with Gasteiger partial charge in [0.1, 0.15) is 12.4 Å². The van der Waals surface area contributed by atoms with E-state index in [1.54, 1.807) is 73.7 Å². The van der Waals surface area contributed by atoms with Crippen LogP contribution in [-0.2, 0) is 12.8 Å². The molecule has 0 spiro atoms. The van der Waals surface area contributed by atoms with Crippen molar-refractivity contribution in [1.29, 1.82) is 0 Å². The molecule has 0 saturated heterocycles. The van der Waals surface area contributed by atoms with E-state index in [0.717, 1.165) is 11.6 Å². The first kappa shape index (κ1) is 24.2. The molecule has 0 unspecified atom stereocenters. The molecule has 4 nitrogen and oxygen atoms in total. The molecule has 2 aromatic heterocycles. The summed E-state index contributed by atoms with van der Waals surface area (Å²) in [6.07, 6.45) is -4.58. The number of alkyl halides is 3. The normalized spacial score (nSPS) is 11.7. The lowest BCUT2D eigenvalue weighted by Gasteiger charge is -2.12. The van der Waals surface area contributed by atoms with Gasteiger partial charge in [-0.3, -0.25) is 0 Å². The lowest BCUT2D eigenvalue weighted by molar-refractivity contribution is -0.136. The minimum atomic E-state index is -4.58. The molecule has 0 fully saturated rings. The van der Waals surface area contributed by atoms with E-state index in [0.29, 0.717) is 27.0 Å². The van der Waals surface area contributed by atoms with Gasteiger partial charge in [0.2, 0.25) is 0 Å². The van der Waals surface area contributed by atoms with E-state index in [4.69, 9.17) is 27.9 Å². The Bertz CT molecular complexity index is 1550. The highest BCUT2D eigenvalue weighted by molar-refractivity contribution is 6.35. The molecule has 0 atom stereocenters. The molecular formula is C27H18Cl2F3N3O. The largest absolute Gasteiger partial charge is 0.489 e. The van der Waals surface area contributed by atoms with E-state index < -0.39 is 11.7 Å². The maximum atomic E-state index is 14.1. The van der Waals surface area contributed by atoms with E-state index in [9.17, 15) is 13.2 Å². The monoisotopic (exact) mass is 527 g/mol. The summed E-state index contributed by atoms with van der Waals surface area (Å²) in [5.41, 5.74) is 1.69. The Morgan fingerprint density at radius 2 is 1.64 bits per heavy atom. The molecule has 0 amide bonds. The third-order valence-corrected chi connectivity index (χ3v) is 6.27. The lowest BCUT2D eigenvalue weighted by atomic mass is 10.0. The summed E-state index contributed by atoms with van der Waals surface area (Å²) in [5, 5.41) is 5.36. The molecule has 5 rings (SSSR count). The van der Waals surface area contributed by atoms with E-state index in [2.05, 4.69) is 10.1 Å². The molecule has 3 aromatic carbocycles. The predicted molar refractivity (Wildman–Crippen MR) is 135 cm³/mol. The second-order valence-corrected chi connectivity index (χ2v) is 8.98. The van der Waals surface area contributed by atoms with Crippen molar-refractivity contribution in [2.45, 2.75) is 19.7 Å². The fraction of sp³-hybridized carbons (Fsp3) is 0.111. The number of fused-ring (bicyclic) bond motifs is 1. The second-order valence-electron chi connectivity index (χ2n) is 8.13. The maximum Gasteiger partial charge on any atom is 0.417 e. The summed E-state index contributed by atoms with van der Waals surface area (Å²) in [7, 11) is 0. The van der Waals surface area contributed by atoms with Crippen molar-refractivity contribution in [3.05, 3.63) is 106 Å². The van der Waals surface area contributed by atoms with Gasteiger partial charge in [-0.25, -0.2) is 9.67 Å². The highest BCUT2D eigenvalue weighted by atomic mass is 35.5. The van der Waals surface area contributed by atoms with Crippen LogP contribution in [0.3, 0.4) is 0 Å². The van der Waals surface area contributed by atoms with Crippen molar-refractivity contribution >= 4 is 34.2 Å². The molecule has 0 aliphatic carbocycles. The van der Waals surface area contributed by atoms with Crippen LogP contribution >= 0.6 is 23.2 Å². The number of hydrogen-bond acceptors (Lipinski definition) is 3. The second kappa shape index (κ2) is 9.48. The van der Waals surface area contributed by atoms with Crippen molar-refractivity contribution in [1.82, 2.24) is 14.8 Å². The van der Waals surface area contributed by atoms with E-state index in [1.807, 2.05) is 6.07 Å². The molecule has 0 radical (unpaired) electrons. The maximum absolute atomic E-state index is 14.1. The summed E-state index contributed by atoms with van der Waals surface area (Å²) < 4.78 is 49.5. The number of pyridine rings is 1. The summed E-state index contributed by atoms with van der Waals surface area (Å²) in [6, 6.07) is 21.8. The number of rotatable bonds is 5. The average molecular weight is 528 g/mol. The zero-order valence-corrected chi connectivity index (χ0v) is 20.4. The molecule has 182 valence electrons. The fourth-order valence-electron chi connectivity index (χ4n) is 3.93. The first-order valence-electron chi connectivity index (χ1n) is 10.9. The smallest absolute Gasteiger partial charge is 0.417 e. The van der Waals surface area contributed by atoms with Gasteiger partial charge in [-0.2, -0.15) is 18.3 Å². The van der Waals surface area contributed by atoms with Gasteiger partial charge in [-0.15, -0.1) is 0 Å². The third kappa shape index (κ3) is 4.76. The molecule has 0 aliphatic rings. The molecular weight excluding hydrogens is 510 g/mol. The Labute approximate surface area is 214 Å². The highest BCUT2D eigenvalue weighted by Gasteiger charge is 2.35. The Morgan fingerprint density at radius 1 is 0.917 bits per heavy atom. The first-order chi connectivity index (χ1) is 17.2. The zero-order valence-electron chi connectivity index (χ0n) is 18.9. The van der Waals surface area contributed by atoms with E-state index in [-0.39, 0.29) is 29.0 Å². The molecule has 36 heavy (non-hydrogen) atoms.